The number of epoxide rings is 1. The Labute approximate surface area is 72.4 Å². The average molecular weight is 170 g/mol. The van der Waals surface area contributed by atoms with Gasteiger partial charge in [0.15, 0.2) is 0 Å². The van der Waals surface area contributed by atoms with E-state index in [9.17, 15) is 4.79 Å². The average Bonchev–Trinajstić information content (AvgIpc) is 2.67. The van der Waals surface area contributed by atoms with Gasteiger partial charge in [0.25, 0.3) is 0 Å². The van der Waals surface area contributed by atoms with Crippen LogP contribution in [0.2, 0.25) is 0 Å². The molecule has 0 aromatic rings. The van der Waals surface area contributed by atoms with Gasteiger partial charge in [0, 0.05) is 12.5 Å². The molecule has 3 nitrogen and oxygen atoms in total. The Hall–Kier alpha value is -0.830. The molecule has 0 saturated carbocycles. The summed E-state index contributed by atoms with van der Waals surface area (Å²) in [7, 11) is 0. The third-order valence-electron chi connectivity index (χ3n) is 1.84. The van der Waals surface area contributed by atoms with Crippen LogP contribution >= 0.6 is 0 Å². The first-order valence-corrected chi connectivity index (χ1v) is 4.03. The fourth-order valence-electron chi connectivity index (χ4n) is 1.14. The zero-order chi connectivity index (χ0) is 9.19. The minimum atomic E-state index is -0.369. The van der Waals surface area contributed by atoms with E-state index in [1.54, 1.807) is 0 Å². The van der Waals surface area contributed by atoms with Crippen molar-refractivity contribution in [3.05, 3.63) is 12.7 Å². The van der Waals surface area contributed by atoms with Gasteiger partial charge in [-0.1, -0.05) is 6.58 Å². The molecule has 1 rings (SSSR count). The molecule has 3 heteroatoms. The summed E-state index contributed by atoms with van der Waals surface area (Å²) in [6.07, 6.45) is 1.84. The minimum absolute atomic E-state index is 0.0547. The standard InChI is InChI=1S/C9H14O3/c1-4-8(10)12-7(2)5-9(3)6-11-9/h4,7H,1,5-6H2,2-3H3. The van der Waals surface area contributed by atoms with Gasteiger partial charge >= 0.3 is 5.97 Å². The van der Waals surface area contributed by atoms with E-state index in [1.807, 2.05) is 13.8 Å². The Morgan fingerprint density at radius 3 is 2.92 bits per heavy atom. The van der Waals surface area contributed by atoms with Gasteiger partial charge < -0.3 is 9.47 Å². The highest BCUT2D eigenvalue weighted by Crippen LogP contribution is 2.31. The lowest BCUT2D eigenvalue weighted by Crippen LogP contribution is -2.20. The molecule has 1 saturated heterocycles. The van der Waals surface area contributed by atoms with Gasteiger partial charge in [-0.25, -0.2) is 4.79 Å². The van der Waals surface area contributed by atoms with E-state index in [0.717, 1.165) is 13.0 Å². The van der Waals surface area contributed by atoms with Gasteiger partial charge in [-0.2, -0.15) is 0 Å². The first-order chi connectivity index (χ1) is 5.56. The normalized spacial score (nSPS) is 29.2. The maximum atomic E-state index is 10.7. The van der Waals surface area contributed by atoms with Gasteiger partial charge in [0.1, 0.15) is 6.10 Å². The van der Waals surface area contributed by atoms with Crippen molar-refractivity contribution >= 4 is 5.97 Å². The second-order valence-electron chi connectivity index (χ2n) is 3.39. The highest BCUT2D eigenvalue weighted by molar-refractivity contribution is 5.81. The molecule has 2 unspecified atom stereocenters. The molecule has 0 radical (unpaired) electrons. The number of ether oxygens (including phenoxy) is 2. The summed E-state index contributed by atoms with van der Waals surface area (Å²) in [5.41, 5.74) is -0.0547. The number of carbonyl (C=O) groups is 1. The molecule has 68 valence electrons. The van der Waals surface area contributed by atoms with Crippen molar-refractivity contribution in [2.75, 3.05) is 6.61 Å². The number of carbonyl (C=O) groups excluding carboxylic acids is 1. The van der Waals surface area contributed by atoms with Crippen molar-refractivity contribution in [3.8, 4) is 0 Å². The highest BCUT2D eigenvalue weighted by atomic mass is 16.6. The van der Waals surface area contributed by atoms with E-state index in [2.05, 4.69) is 6.58 Å². The minimum Gasteiger partial charge on any atom is -0.459 e. The third-order valence-corrected chi connectivity index (χ3v) is 1.84. The summed E-state index contributed by atoms with van der Waals surface area (Å²) in [6.45, 7) is 7.95. The number of hydrogen-bond donors (Lipinski definition) is 0. The molecule has 1 fully saturated rings. The van der Waals surface area contributed by atoms with Crippen molar-refractivity contribution < 1.29 is 14.3 Å². The first kappa shape index (κ1) is 9.26. The molecule has 12 heavy (non-hydrogen) atoms. The molecule has 0 N–H and O–H groups in total. The largest absolute Gasteiger partial charge is 0.459 e. The lowest BCUT2D eigenvalue weighted by atomic mass is 10.1. The zero-order valence-electron chi connectivity index (χ0n) is 7.50. The van der Waals surface area contributed by atoms with Gasteiger partial charge in [-0.3, -0.25) is 0 Å². The van der Waals surface area contributed by atoms with Crippen LogP contribution in [0.1, 0.15) is 20.3 Å². The van der Waals surface area contributed by atoms with Crippen LogP contribution in [0, 0.1) is 0 Å². The van der Waals surface area contributed by atoms with Gasteiger partial charge in [0.05, 0.1) is 12.2 Å². The maximum Gasteiger partial charge on any atom is 0.330 e. The van der Waals surface area contributed by atoms with Crippen LogP contribution in [-0.4, -0.2) is 24.3 Å². The summed E-state index contributed by atoms with van der Waals surface area (Å²) < 4.78 is 10.1. The summed E-state index contributed by atoms with van der Waals surface area (Å²) in [5, 5.41) is 0. The van der Waals surface area contributed by atoms with Crippen molar-refractivity contribution in [3.63, 3.8) is 0 Å². The highest BCUT2D eigenvalue weighted by Gasteiger charge is 2.40. The SMILES string of the molecule is C=CC(=O)OC(C)CC1(C)CO1. The number of hydrogen-bond acceptors (Lipinski definition) is 3. The molecule has 0 spiro atoms. The van der Waals surface area contributed by atoms with Crippen molar-refractivity contribution in [2.24, 2.45) is 0 Å². The van der Waals surface area contributed by atoms with E-state index < -0.39 is 0 Å². The fourth-order valence-corrected chi connectivity index (χ4v) is 1.14. The van der Waals surface area contributed by atoms with Crippen LogP contribution in [-0.2, 0) is 14.3 Å². The van der Waals surface area contributed by atoms with Crippen LogP contribution in [0.15, 0.2) is 12.7 Å². The van der Waals surface area contributed by atoms with Crippen LogP contribution in [0.25, 0.3) is 0 Å². The molecule has 0 aliphatic carbocycles. The molecule has 1 aliphatic rings. The number of esters is 1. The lowest BCUT2D eigenvalue weighted by Gasteiger charge is -2.13. The Morgan fingerprint density at radius 2 is 2.50 bits per heavy atom. The van der Waals surface area contributed by atoms with Crippen LogP contribution in [0.5, 0.6) is 0 Å². The van der Waals surface area contributed by atoms with Crippen molar-refractivity contribution in [1.29, 1.82) is 0 Å². The predicted molar refractivity (Wildman–Crippen MR) is 44.7 cm³/mol. The quantitative estimate of drug-likeness (QED) is 0.362. The zero-order valence-corrected chi connectivity index (χ0v) is 7.50. The Morgan fingerprint density at radius 1 is 1.92 bits per heavy atom. The summed E-state index contributed by atoms with van der Waals surface area (Å²) in [4.78, 5) is 10.7. The van der Waals surface area contributed by atoms with Crippen LogP contribution in [0.4, 0.5) is 0 Å². The van der Waals surface area contributed by atoms with Crippen molar-refractivity contribution in [1.82, 2.24) is 0 Å². The van der Waals surface area contributed by atoms with Gasteiger partial charge in [-0.05, 0) is 13.8 Å². The van der Waals surface area contributed by atoms with E-state index in [1.165, 1.54) is 6.08 Å². The molecule has 2 atom stereocenters. The summed E-state index contributed by atoms with van der Waals surface area (Å²) in [5.74, 6) is -0.369. The molecular weight excluding hydrogens is 156 g/mol. The second kappa shape index (κ2) is 3.27. The van der Waals surface area contributed by atoms with Crippen LogP contribution < -0.4 is 0 Å². The second-order valence-corrected chi connectivity index (χ2v) is 3.39. The third kappa shape index (κ3) is 2.66. The molecule has 1 aliphatic heterocycles. The number of rotatable bonds is 4. The topological polar surface area (TPSA) is 38.8 Å². The monoisotopic (exact) mass is 170 g/mol. The summed E-state index contributed by atoms with van der Waals surface area (Å²) >= 11 is 0. The molecule has 0 bridgehead atoms. The lowest BCUT2D eigenvalue weighted by molar-refractivity contribution is -0.142. The summed E-state index contributed by atoms with van der Waals surface area (Å²) in [6, 6.07) is 0. The molecule has 0 amide bonds. The first-order valence-electron chi connectivity index (χ1n) is 4.03. The molecule has 1 heterocycles. The van der Waals surface area contributed by atoms with Crippen molar-refractivity contribution in [2.45, 2.75) is 32.0 Å². The van der Waals surface area contributed by atoms with E-state index >= 15 is 0 Å². The predicted octanol–water partition coefficient (Wildman–Crippen LogP) is 1.28. The smallest absolute Gasteiger partial charge is 0.330 e. The molecular formula is C9H14O3. The molecule has 0 aromatic heterocycles. The Kier molecular flexibility index (Phi) is 2.52. The van der Waals surface area contributed by atoms with E-state index in [-0.39, 0.29) is 17.7 Å². The molecule has 0 aromatic carbocycles. The van der Waals surface area contributed by atoms with Gasteiger partial charge in [-0.15, -0.1) is 0 Å². The van der Waals surface area contributed by atoms with E-state index in [4.69, 9.17) is 9.47 Å². The Balaban J connectivity index is 2.24. The Bertz CT molecular complexity index is 194. The fraction of sp³-hybridized carbons (Fsp3) is 0.667. The maximum absolute atomic E-state index is 10.7. The van der Waals surface area contributed by atoms with Crippen LogP contribution in [0.3, 0.4) is 0 Å². The van der Waals surface area contributed by atoms with E-state index in [0.29, 0.717) is 0 Å². The van der Waals surface area contributed by atoms with Gasteiger partial charge in [0.2, 0.25) is 0 Å².